The van der Waals surface area contributed by atoms with E-state index in [-0.39, 0.29) is 16.2 Å². The number of aryl methyl sites for hydroxylation is 1. The molecular weight excluding hydrogens is 288 g/mol. The van der Waals surface area contributed by atoms with Crippen LogP contribution in [-0.2, 0) is 9.84 Å². The van der Waals surface area contributed by atoms with Gasteiger partial charge in [0.1, 0.15) is 0 Å². The van der Waals surface area contributed by atoms with Crippen LogP contribution in [0.5, 0.6) is 0 Å². The summed E-state index contributed by atoms with van der Waals surface area (Å²) in [6, 6.07) is 2.66. The summed E-state index contributed by atoms with van der Waals surface area (Å²) in [5, 5.41) is 8.99. The van der Waals surface area contributed by atoms with Crippen molar-refractivity contribution in [3.05, 3.63) is 39.9 Å². The summed E-state index contributed by atoms with van der Waals surface area (Å²) in [6.45, 7) is 4.95. The Morgan fingerprint density at radius 1 is 1.37 bits per heavy atom. The first-order valence-electron chi connectivity index (χ1n) is 5.52. The quantitative estimate of drug-likeness (QED) is 0.928. The van der Waals surface area contributed by atoms with Crippen molar-refractivity contribution in [2.45, 2.75) is 25.7 Å². The zero-order valence-corrected chi connectivity index (χ0v) is 12.5. The number of hydrogen-bond acceptors (Lipinski definition) is 3. The number of benzene rings is 1. The molecule has 0 amide bonds. The number of sulfone groups is 1. The molecule has 0 spiro atoms. The van der Waals surface area contributed by atoms with Crippen molar-refractivity contribution >= 4 is 27.4 Å². The lowest BCUT2D eigenvalue weighted by atomic mass is 10.1. The summed E-state index contributed by atoms with van der Waals surface area (Å²) >= 11 is 5.48. The molecule has 19 heavy (non-hydrogen) atoms. The summed E-state index contributed by atoms with van der Waals surface area (Å²) in [4.78, 5) is 11.0. The average Bonchev–Trinajstić information content (AvgIpc) is 2.31. The highest BCUT2D eigenvalue weighted by Crippen LogP contribution is 2.23. The van der Waals surface area contributed by atoms with E-state index in [1.54, 1.807) is 20.8 Å². The standard InChI is InChI=1S/C13H15ClO4S/c1-8(6-14)7-19(17,18)12-5-11(13(15)16)4-9(2)10(12)3/h4-6H,7H2,1-3H3,(H,15,16)/b8-6-. The minimum Gasteiger partial charge on any atom is -0.478 e. The maximum Gasteiger partial charge on any atom is 0.335 e. The smallest absolute Gasteiger partial charge is 0.335 e. The van der Waals surface area contributed by atoms with Crippen LogP contribution in [0.3, 0.4) is 0 Å². The molecule has 0 saturated heterocycles. The molecule has 0 aliphatic heterocycles. The van der Waals surface area contributed by atoms with Crippen LogP contribution in [0.1, 0.15) is 28.4 Å². The van der Waals surface area contributed by atoms with Crippen LogP contribution in [0.25, 0.3) is 0 Å². The highest BCUT2D eigenvalue weighted by atomic mass is 35.5. The van der Waals surface area contributed by atoms with Gasteiger partial charge in [0, 0.05) is 5.54 Å². The first kappa shape index (κ1) is 15.7. The topological polar surface area (TPSA) is 71.4 Å². The molecule has 1 N–H and O–H groups in total. The third-order valence-corrected chi connectivity index (χ3v) is 5.11. The molecule has 0 aliphatic carbocycles. The Bertz CT molecular complexity index is 645. The fraction of sp³-hybridized carbons (Fsp3) is 0.308. The molecule has 0 saturated carbocycles. The predicted molar refractivity (Wildman–Crippen MR) is 74.5 cm³/mol. The number of hydrogen-bond donors (Lipinski definition) is 1. The largest absolute Gasteiger partial charge is 0.478 e. The van der Waals surface area contributed by atoms with Crippen LogP contribution < -0.4 is 0 Å². The lowest BCUT2D eigenvalue weighted by molar-refractivity contribution is 0.0696. The molecule has 6 heteroatoms. The number of carbonyl (C=O) groups is 1. The Morgan fingerprint density at radius 3 is 2.42 bits per heavy atom. The molecule has 0 unspecified atom stereocenters. The van der Waals surface area contributed by atoms with Crippen LogP contribution in [0, 0.1) is 13.8 Å². The van der Waals surface area contributed by atoms with Gasteiger partial charge in [0.2, 0.25) is 0 Å². The normalized spacial score (nSPS) is 12.5. The number of carboxylic acids is 1. The van der Waals surface area contributed by atoms with Gasteiger partial charge in [-0.2, -0.15) is 0 Å². The van der Waals surface area contributed by atoms with E-state index in [2.05, 4.69) is 0 Å². The number of carboxylic acid groups (broad SMARTS) is 1. The van der Waals surface area contributed by atoms with Crippen molar-refractivity contribution in [3.8, 4) is 0 Å². The number of rotatable bonds is 4. The lowest BCUT2D eigenvalue weighted by Crippen LogP contribution is -2.12. The Labute approximate surface area is 117 Å². The molecule has 0 radical (unpaired) electrons. The second-order valence-corrected chi connectivity index (χ2v) is 6.61. The van der Waals surface area contributed by atoms with Crippen molar-refractivity contribution in [2.75, 3.05) is 5.75 Å². The summed E-state index contributed by atoms with van der Waals surface area (Å²) < 4.78 is 24.5. The molecule has 0 atom stereocenters. The van der Waals surface area contributed by atoms with Gasteiger partial charge < -0.3 is 5.11 Å². The van der Waals surface area contributed by atoms with E-state index in [1.165, 1.54) is 17.7 Å². The van der Waals surface area contributed by atoms with Gasteiger partial charge in [-0.25, -0.2) is 13.2 Å². The van der Waals surface area contributed by atoms with Crippen molar-refractivity contribution in [3.63, 3.8) is 0 Å². The third-order valence-electron chi connectivity index (χ3n) is 2.81. The Morgan fingerprint density at radius 2 is 1.95 bits per heavy atom. The van der Waals surface area contributed by atoms with E-state index in [0.29, 0.717) is 16.7 Å². The van der Waals surface area contributed by atoms with Gasteiger partial charge in [0.25, 0.3) is 0 Å². The van der Waals surface area contributed by atoms with Crippen molar-refractivity contribution in [2.24, 2.45) is 0 Å². The van der Waals surface area contributed by atoms with Crippen LogP contribution in [0.2, 0.25) is 0 Å². The molecule has 0 aromatic heterocycles. The zero-order valence-electron chi connectivity index (χ0n) is 10.9. The lowest BCUT2D eigenvalue weighted by Gasteiger charge is -2.11. The van der Waals surface area contributed by atoms with Gasteiger partial charge in [-0.05, 0) is 49.6 Å². The molecule has 4 nitrogen and oxygen atoms in total. The molecular formula is C13H15ClO4S. The zero-order chi connectivity index (χ0) is 14.8. The second kappa shape index (κ2) is 5.75. The van der Waals surface area contributed by atoms with Crippen molar-refractivity contribution in [1.29, 1.82) is 0 Å². The highest BCUT2D eigenvalue weighted by Gasteiger charge is 2.21. The van der Waals surface area contributed by atoms with Gasteiger partial charge in [0.15, 0.2) is 9.84 Å². The summed E-state index contributed by atoms with van der Waals surface area (Å²) in [6.07, 6.45) is 0. The summed E-state index contributed by atoms with van der Waals surface area (Å²) in [5.41, 5.74) is 2.87. The van der Waals surface area contributed by atoms with Gasteiger partial charge in [0.05, 0.1) is 16.2 Å². The maximum absolute atomic E-state index is 12.3. The van der Waals surface area contributed by atoms with Gasteiger partial charge in [-0.15, -0.1) is 0 Å². The minimum atomic E-state index is -3.60. The first-order chi connectivity index (χ1) is 8.69. The SMILES string of the molecule is C/C(=C/Cl)CS(=O)(=O)c1cc(C(=O)O)cc(C)c1C. The summed E-state index contributed by atoms with van der Waals surface area (Å²) in [5.74, 6) is -1.37. The van der Waals surface area contributed by atoms with Crippen molar-refractivity contribution < 1.29 is 18.3 Å². The fourth-order valence-electron chi connectivity index (χ4n) is 1.68. The fourth-order valence-corrected chi connectivity index (χ4v) is 3.62. The third kappa shape index (κ3) is 3.58. The minimum absolute atomic E-state index is 0.0332. The number of aromatic carboxylic acids is 1. The molecule has 0 bridgehead atoms. The Hall–Kier alpha value is -1.33. The van der Waals surface area contributed by atoms with E-state index in [4.69, 9.17) is 16.7 Å². The number of halogens is 1. The van der Waals surface area contributed by atoms with E-state index >= 15 is 0 Å². The average molecular weight is 303 g/mol. The molecule has 1 aromatic rings. The van der Waals surface area contributed by atoms with Gasteiger partial charge in [-0.1, -0.05) is 11.6 Å². The first-order valence-corrected chi connectivity index (χ1v) is 7.61. The molecule has 104 valence electrons. The summed E-state index contributed by atoms with van der Waals surface area (Å²) in [7, 11) is -3.60. The Balaban J connectivity index is 3.45. The van der Waals surface area contributed by atoms with E-state index < -0.39 is 15.8 Å². The van der Waals surface area contributed by atoms with E-state index in [1.807, 2.05) is 0 Å². The maximum atomic E-state index is 12.3. The van der Waals surface area contributed by atoms with E-state index in [0.717, 1.165) is 0 Å². The van der Waals surface area contributed by atoms with Gasteiger partial charge >= 0.3 is 5.97 Å². The predicted octanol–water partition coefficient (Wildman–Crippen LogP) is 2.92. The Kier molecular flexibility index (Phi) is 4.76. The van der Waals surface area contributed by atoms with Gasteiger partial charge in [-0.3, -0.25) is 0 Å². The van der Waals surface area contributed by atoms with Crippen LogP contribution >= 0.6 is 11.6 Å². The molecule has 0 heterocycles. The highest BCUT2D eigenvalue weighted by molar-refractivity contribution is 7.91. The van der Waals surface area contributed by atoms with Crippen LogP contribution in [0.15, 0.2) is 28.1 Å². The molecule has 1 rings (SSSR count). The van der Waals surface area contributed by atoms with Crippen LogP contribution in [0.4, 0.5) is 0 Å². The van der Waals surface area contributed by atoms with Crippen LogP contribution in [-0.4, -0.2) is 25.2 Å². The molecule has 0 fully saturated rings. The van der Waals surface area contributed by atoms with Crippen molar-refractivity contribution in [1.82, 2.24) is 0 Å². The van der Waals surface area contributed by atoms with E-state index in [9.17, 15) is 13.2 Å². The molecule has 0 aliphatic rings. The monoisotopic (exact) mass is 302 g/mol. The second-order valence-electron chi connectivity index (χ2n) is 4.44. The molecule has 1 aromatic carbocycles.